The quantitative estimate of drug-likeness (QED) is 0.647. The number of hydrogen-bond donors (Lipinski definition) is 1. The average Bonchev–Trinajstić information content (AvgIpc) is 3.15. The van der Waals surface area contributed by atoms with Crippen LogP contribution >= 0.6 is 11.6 Å². The smallest absolute Gasteiger partial charge is 0.351 e. The van der Waals surface area contributed by atoms with Crippen LogP contribution in [-0.4, -0.2) is 52.8 Å². The summed E-state index contributed by atoms with van der Waals surface area (Å²) in [5, 5.41) is 0.796. The Balaban J connectivity index is 1.44. The van der Waals surface area contributed by atoms with Gasteiger partial charge in [0, 0.05) is 47.7 Å². The number of rotatable bonds is 2. The molecule has 4 rings (SSSR count). The van der Waals surface area contributed by atoms with Crippen LogP contribution in [0.4, 0.5) is 13.2 Å². The van der Waals surface area contributed by atoms with Crippen LogP contribution in [0.15, 0.2) is 48.5 Å². The lowest BCUT2D eigenvalue weighted by Gasteiger charge is -2.34. The molecule has 0 bridgehead atoms. The third-order valence-corrected chi connectivity index (χ3v) is 5.34. The first-order valence-corrected chi connectivity index (χ1v) is 9.64. The molecule has 0 unspecified atom stereocenters. The summed E-state index contributed by atoms with van der Waals surface area (Å²) in [7, 11) is 0. The van der Waals surface area contributed by atoms with Gasteiger partial charge in [0.25, 0.3) is 11.8 Å². The third kappa shape index (κ3) is 4.00. The largest absolute Gasteiger partial charge is 0.416 e. The van der Waals surface area contributed by atoms with E-state index in [4.69, 9.17) is 11.6 Å². The van der Waals surface area contributed by atoms with Gasteiger partial charge in [0.15, 0.2) is 0 Å². The number of hydrogen-bond acceptors (Lipinski definition) is 2. The number of carbonyl (C=O) groups is 2. The monoisotopic (exact) mass is 435 g/mol. The predicted octanol–water partition coefficient (Wildman–Crippen LogP) is 4.44. The highest BCUT2D eigenvalue weighted by Crippen LogP contribution is 2.31. The second kappa shape index (κ2) is 7.68. The van der Waals surface area contributed by atoms with Gasteiger partial charge in [-0.25, -0.2) is 0 Å². The predicted molar refractivity (Wildman–Crippen MR) is 107 cm³/mol. The van der Waals surface area contributed by atoms with Crippen molar-refractivity contribution in [1.29, 1.82) is 0 Å². The summed E-state index contributed by atoms with van der Waals surface area (Å²) >= 11 is 5.94. The Morgan fingerprint density at radius 1 is 0.900 bits per heavy atom. The maximum Gasteiger partial charge on any atom is 0.416 e. The molecule has 0 atom stereocenters. The molecule has 1 fully saturated rings. The molecular formula is C21H17ClF3N3O2. The normalized spacial score (nSPS) is 14.9. The highest BCUT2D eigenvalue weighted by atomic mass is 35.5. The fourth-order valence-electron chi connectivity index (χ4n) is 3.51. The van der Waals surface area contributed by atoms with Crippen LogP contribution in [0.5, 0.6) is 0 Å². The van der Waals surface area contributed by atoms with E-state index in [0.717, 1.165) is 12.1 Å². The highest BCUT2D eigenvalue weighted by molar-refractivity contribution is 6.30. The SMILES string of the molecule is O=C(c1cccc(Cl)c1)N1CCN(C(=O)c2cc3cc(C(F)(F)F)ccc3[nH]2)CC1. The van der Waals surface area contributed by atoms with Crippen molar-refractivity contribution in [2.24, 2.45) is 0 Å². The Bertz CT molecular complexity index is 1120. The molecule has 3 aromatic rings. The number of benzene rings is 2. The zero-order valence-electron chi connectivity index (χ0n) is 15.7. The van der Waals surface area contributed by atoms with Crippen LogP contribution in [0.3, 0.4) is 0 Å². The summed E-state index contributed by atoms with van der Waals surface area (Å²) in [4.78, 5) is 31.5. The molecule has 0 saturated carbocycles. The zero-order valence-corrected chi connectivity index (χ0v) is 16.4. The summed E-state index contributed by atoms with van der Waals surface area (Å²) in [6.45, 7) is 1.37. The molecule has 2 heterocycles. The van der Waals surface area contributed by atoms with E-state index in [2.05, 4.69) is 4.98 Å². The highest BCUT2D eigenvalue weighted by Gasteiger charge is 2.31. The molecule has 2 aromatic carbocycles. The molecule has 30 heavy (non-hydrogen) atoms. The Kier molecular flexibility index (Phi) is 5.19. The minimum Gasteiger partial charge on any atom is -0.351 e. The van der Waals surface area contributed by atoms with Gasteiger partial charge in [-0.2, -0.15) is 13.2 Å². The van der Waals surface area contributed by atoms with E-state index in [1.807, 2.05) is 0 Å². The maximum atomic E-state index is 12.9. The van der Waals surface area contributed by atoms with Crippen molar-refractivity contribution in [2.45, 2.75) is 6.18 Å². The standard InChI is InChI=1S/C21H17ClF3N3O2/c22-16-3-1-2-13(11-16)19(29)27-6-8-28(9-7-27)20(30)18-12-14-10-15(21(23,24)25)4-5-17(14)26-18/h1-5,10-12,26H,6-9H2. The molecule has 5 nitrogen and oxygen atoms in total. The first-order valence-electron chi connectivity index (χ1n) is 9.26. The summed E-state index contributed by atoms with van der Waals surface area (Å²) < 4.78 is 38.7. The molecular weight excluding hydrogens is 419 g/mol. The van der Waals surface area contributed by atoms with Crippen LogP contribution in [-0.2, 0) is 6.18 Å². The molecule has 9 heteroatoms. The molecule has 0 spiro atoms. The van der Waals surface area contributed by atoms with Gasteiger partial charge in [0.2, 0.25) is 0 Å². The van der Waals surface area contributed by atoms with Crippen LogP contribution in [0.25, 0.3) is 10.9 Å². The number of carbonyl (C=O) groups excluding carboxylic acids is 2. The van der Waals surface area contributed by atoms with Crippen molar-refractivity contribution in [3.05, 3.63) is 70.4 Å². The maximum absolute atomic E-state index is 12.9. The summed E-state index contributed by atoms with van der Waals surface area (Å²) in [5.41, 5.74) is 0.402. The molecule has 156 valence electrons. The van der Waals surface area contributed by atoms with E-state index in [1.165, 1.54) is 12.1 Å². The number of amides is 2. The Hall–Kier alpha value is -3.00. The molecule has 2 amide bonds. The van der Waals surface area contributed by atoms with E-state index < -0.39 is 11.7 Å². The average molecular weight is 436 g/mol. The number of nitrogens with one attached hydrogen (secondary N) is 1. The van der Waals surface area contributed by atoms with E-state index >= 15 is 0 Å². The van der Waals surface area contributed by atoms with Crippen LogP contribution in [0.1, 0.15) is 26.4 Å². The summed E-state index contributed by atoms with van der Waals surface area (Å²) in [6.07, 6.45) is -4.44. The van der Waals surface area contributed by atoms with Crippen LogP contribution < -0.4 is 0 Å². The number of fused-ring (bicyclic) bond motifs is 1. The van der Waals surface area contributed by atoms with Gasteiger partial charge in [-0.3, -0.25) is 9.59 Å². The molecule has 1 aliphatic rings. The first-order chi connectivity index (χ1) is 14.2. The van der Waals surface area contributed by atoms with Gasteiger partial charge >= 0.3 is 6.18 Å². The molecule has 1 saturated heterocycles. The van der Waals surface area contributed by atoms with Gasteiger partial charge in [0.05, 0.1) is 5.56 Å². The Morgan fingerprint density at radius 3 is 2.20 bits per heavy atom. The second-order valence-electron chi connectivity index (χ2n) is 7.08. The number of H-pyrrole nitrogens is 1. The molecule has 0 aliphatic carbocycles. The zero-order chi connectivity index (χ0) is 21.5. The minimum atomic E-state index is -4.44. The lowest BCUT2D eigenvalue weighted by molar-refractivity contribution is -0.137. The van der Waals surface area contributed by atoms with E-state index in [-0.39, 0.29) is 17.5 Å². The number of aromatic amines is 1. The van der Waals surface area contributed by atoms with Crippen LogP contribution in [0, 0.1) is 0 Å². The van der Waals surface area contributed by atoms with Gasteiger partial charge < -0.3 is 14.8 Å². The number of halogens is 4. The summed E-state index contributed by atoms with van der Waals surface area (Å²) in [5.74, 6) is -0.468. The number of alkyl halides is 3. The van der Waals surface area contributed by atoms with Crippen molar-refractivity contribution in [2.75, 3.05) is 26.2 Å². The van der Waals surface area contributed by atoms with E-state index in [1.54, 1.807) is 34.1 Å². The van der Waals surface area contributed by atoms with Gasteiger partial charge in [-0.15, -0.1) is 0 Å². The van der Waals surface area contributed by atoms with E-state index in [9.17, 15) is 22.8 Å². The Labute approximate surface area is 175 Å². The number of piperazine rings is 1. The first kappa shape index (κ1) is 20.3. The second-order valence-corrected chi connectivity index (χ2v) is 7.51. The topological polar surface area (TPSA) is 56.4 Å². The van der Waals surface area contributed by atoms with Crippen molar-refractivity contribution in [3.63, 3.8) is 0 Å². The Morgan fingerprint density at radius 2 is 1.57 bits per heavy atom. The lowest BCUT2D eigenvalue weighted by Crippen LogP contribution is -2.50. The van der Waals surface area contributed by atoms with Gasteiger partial charge in [-0.1, -0.05) is 17.7 Å². The molecule has 0 radical (unpaired) electrons. The lowest BCUT2D eigenvalue weighted by atomic mass is 10.1. The van der Waals surface area contributed by atoms with Crippen molar-refractivity contribution >= 4 is 34.3 Å². The van der Waals surface area contributed by atoms with Crippen molar-refractivity contribution in [1.82, 2.24) is 14.8 Å². The van der Waals surface area contributed by atoms with Crippen molar-refractivity contribution < 1.29 is 22.8 Å². The minimum absolute atomic E-state index is 0.158. The van der Waals surface area contributed by atoms with Gasteiger partial charge in [-0.05, 0) is 42.5 Å². The fraction of sp³-hybridized carbons (Fsp3) is 0.238. The summed E-state index contributed by atoms with van der Waals surface area (Å²) in [6, 6.07) is 11.4. The number of nitrogens with zero attached hydrogens (tertiary/aromatic N) is 2. The fourth-order valence-corrected chi connectivity index (χ4v) is 3.70. The van der Waals surface area contributed by atoms with Crippen LogP contribution in [0.2, 0.25) is 5.02 Å². The molecule has 1 aromatic heterocycles. The van der Waals surface area contributed by atoms with Crippen molar-refractivity contribution in [3.8, 4) is 0 Å². The third-order valence-electron chi connectivity index (χ3n) is 5.10. The van der Waals surface area contributed by atoms with E-state index in [0.29, 0.717) is 47.7 Å². The number of aromatic nitrogens is 1. The molecule has 1 N–H and O–H groups in total. The van der Waals surface area contributed by atoms with Gasteiger partial charge in [0.1, 0.15) is 5.69 Å². The molecule has 1 aliphatic heterocycles.